The maximum absolute atomic E-state index is 10.5. The molecule has 0 aromatic carbocycles. The van der Waals surface area contributed by atoms with Crippen molar-refractivity contribution in [3.63, 3.8) is 0 Å². The van der Waals surface area contributed by atoms with Crippen LogP contribution in [0.5, 0.6) is 0 Å². The summed E-state index contributed by atoms with van der Waals surface area (Å²) in [6.07, 6.45) is 7.51. The van der Waals surface area contributed by atoms with Crippen molar-refractivity contribution in [3.05, 3.63) is 0 Å². The maximum Gasteiger partial charge on any atom is 0.305 e. The summed E-state index contributed by atoms with van der Waals surface area (Å²) in [5, 5.41) is 16.6. The Bertz CT molecular complexity index is 216. The third-order valence-electron chi connectivity index (χ3n) is 2.51. The minimum Gasteiger partial charge on any atom is -0.481 e. The first-order chi connectivity index (χ1) is 9.08. The van der Waals surface area contributed by atoms with E-state index in [2.05, 4.69) is 11.7 Å². The molecule has 0 radical (unpaired) electrons. The molecule has 0 aromatic heterocycles. The van der Waals surface area contributed by atoms with Gasteiger partial charge in [-0.15, -0.1) is 0 Å². The first-order valence-electron chi connectivity index (χ1n) is 6.97. The van der Waals surface area contributed by atoms with E-state index in [-0.39, 0.29) is 12.6 Å². The number of carboxylic acid groups (broad SMARTS) is 1. The monoisotopic (exact) mass is 276 g/mol. The number of carbonyl (C=O) groups is 2. The van der Waals surface area contributed by atoms with E-state index in [1.807, 2.05) is 0 Å². The van der Waals surface area contributed by atoms with E-state index in [9.17, 15) is 9.59 Å². The molecule has 0 aliphatic carbocycles. The van der Waals surface area contributed by atoms with Crippen molar-refractivity contribution in [1.29, 1.82) is 0 Å². The number of rotatable bonds is 10. The SMILES string of the molecule is CCCCCCC(=O)O.COC(=O)CCCCCO. The summed E-state index contributed by atoms with van der Waals surface area (Å²) < 4.78 is 4.43. The third-order valence-corrected chi connectivity index (χ3v) is 2.51. The number of hydrogen-bond acceptors (Lipinski definition) is 4. The van der Waals surface area contributed by atoms with Crippen LogP contribution < -0.4 is 0 Å². The number of carbonyl (C=O) groups excluding carboxylic acids is 1. The summed E-state index contributed by atoms with van der Waals surface area (Å²) in [6.45, 7) is 2.32. The van der Waals surface area contributed by atoms with Crippen LogP contribution in [0, 0.1) is 0 Å². The Morgan fingerprint density at radius 1 is 0.947 bits per heavy atom. The van der Waals surface area contributed by atoms with Gasteiger partial charge in [-0.25, -0.2) is 0 Å². The van der Waals surface area contributed by atoms with Crippen molar-refractivity contribution in [2.45, 2.75) is 64.7 Å². The number of hydrogen-bond donors (Lipinski definition) is 2. The van der Waals surface area contributed by atoms with E-state index in [4.69, 9.17) is 10.2 Å². The molecular weight excluding hydrogens is 248 g/mol. The molecule has 0 saturated heterocycles. The van der Waals surface area contributed by atoms with Crippen LogP contribution in [0.4, 0.5) is 0 Å². The molecule has 0 aromatic rings. The van der Waals surface area contributed by atoms with Crippen LogP contribution in [0.2, 0.25) is 0 Å². The molecule has 0 saturated carbocycles. The normalized spacial score (nSPS) is 9.42. The fourth-order valence-electron chi connectivity index (χ4n) is 1.36. The predicted octanol–water partition coefficient (Wildman–Crippen LogP) is 2.75. The van der Waals surface area contributed by atoms with E-state index < -0.39 is 5.97 Å². The first-order valence-corrected chi connectivity index (χ1v) is 6.97. The van der Waals surface area contributed by atoms with Gasteiger partial charge >= 0.3 is 11.9 Å². The van der Waals surface area contributed by atoms with Gasteiger partial charge in [-0.05, 0) is 19.3 Å². The number of esters is 1. The topological polar surface area (TPSA) is 83.8 Å². The van der Waals surface area contributed by atoms with Crippen molar-refractivity contribution >= 4 is 11.9 Å². The molecule has 0 heterocycles. The van der Waals surface area contributed by atoms with Crippen LogP contribution in [0.25, 0.3) is 0 Å². The fraction of sp³-hybridized carbons (Fsp3) is 0.857. The number of aliphatic hydroxyl groups excluding tert-OH is 1. The van der Waals surface area contributed by atoms with E-state index in [1.54, 1.807) is 0 Å². The van der Waals surface area contributed by atoms with Gasteiger partial charge in [-0.2, -0.15) is 0 Å². The summed E-state index contributed by atoms with van der Waals surface area (Å²) in [5.41, 5.74) is 0. The van der Waals surface area contributed by atoms with Crippen molar-refractivity contribution in [2.75, 3.05) is 13.7 Å². The lowest BCUT2D eigenvalue weighted by atomic mass is 10.2. The summed E-state index contributed by atoms with van der Waals surface area (Å²) in [5.74, 6) is -0.843. The molecule has 0 rings (SSSR count). The quantitative estimate of drug-likeness (QED) is 0.473. The van der Waals surface area contributed by atoms with E-state index >= 15 is 0 Å². The zero-order valence-electron chi connectivity index (χ0n) is 12.2. The van der Waals surface area contributed by atoms with E-state index in [0.29, 0.717) is 12.8 Å². The number of aliphatic carboxylic acids is 1. The number of unbranched alkanes of at least 4 members (excludes halogenated alkanes) is 5. The zero-order chi connectivity index (χ0) is 14.9. The Hall–Kier alpha value is -1.10. The Labute approximate surface area is 116 Å². The Morgan fingerprint density at radius 3 is 2.00 bits per heavy atom. The van der Waals surface area contributed by atoms with Crippen LogP contribution in [0.1, 0.15) is 64.7 Å². The number of methoxy groups -OCH3 is 1. The molecule has 0 aliphatic rings. The summed E-state index contributed by atoms with van der Waals surface area (Å²) in [7, 11) is 1.38. The van der Waals surface area contributed by atoms with Gasteiger partial charge in [0, 0.05) is 19.4 Å². The Kier molecular flexibility index (Phi) is 18.0. The molecule has 0 unspecified atom stereocenters. The Morgan fingerprint density at radius 2 is 1.53 bits per heavy atom. The summed E-state index contributed by atoms with van der Waals surface area (Å²) in [6, 6.07) is 0. The molecule has 0 spiro atoms. The summed E-state index contributed by atoms with van der Waals surface area (Å²) >= 11 is 0. The second-order valence-corrected chi connectivity index (χ2v) is 4.31. The molecular formula is C14H28O5. The molecule has 5 heteroatoms. The lowest BCUT2D eigenvalue weighted by molar-refractivity contribution is -0.141. The van der Waals surface area contributed by atoms with Crippen LogP contribution in [0.15, 0.2) is 0 Å². The molecule has 114 valence electrons. The van der Waals surface area contributed by atoms with Crippen molar-refractivity contribution < 1.29 is 24.5 Å². The van der Waals surface area contributed by atoms with Crippen LogP contribution >= 0.6 is 0 Å². The third kappa shape index (κ3) is 22.5. The Balaban J connectivity index is 0. The van der Waals surface area contributed by atoms with E-state index in [1.165, 1.54) is 13.5 Å². The minimum atomic E-state index is -0.675. The molecule has 0 fully saturated rings. The lowest BCUT2D eigenvalue weighted by Crippen LogP contribution is -1.99. The average molecular weight is 276 g/mol. The predicted molar refractivity (Wildman–Crippen MR) is 74.0 cm³/mol. The van der Waals surface area contributed by atoms with Gasteiger partial charge in [0.2, 0.25) is 0 Å². The lowest BCUT2D eigenvalue weighted by Gasteiger charge is -1.96. The van der Waals surface area contributed by atoms with Crippen molar-refractivity contribution in [3.8, 4) is 0 Å². The van der Waals surface area contributed by atoms with Crippen molar-refractivity contribution in [2.24, 2.45) is 0 Å². The highest BCUT2D eigenvalue weighted by molar-refractivity contribution is 5.68. The van der Waals surface area contributed by atoms with Gasteiger partial charge in [-0.1, -0.05) is 32.6 Å². The van der Waals surface area contributed by atoms with Gasteiger partial charge in [0.1, 0.15) is 0 Å². The highest BCUT2D eigenvalue weighted by Gasteiger charge is 1.97. The van der Waals surface area contributed by atoms with Gasteiger partial charge in [0.05, 0.1) is 7.11 Å². The van der Waals surface area contributed by atoms with Gasteiger partial charge < -0.3 is 14.9 Å². The average Bonchev–Trinajstić information content (AvgIpc) is 2.40. The number of aliphatic hydroxyl groups is 1. The highest BCUT2D eigenvalue weighted by atomic mass is 16.5. The molecule has 0 amide bonds. The largest absolute Gasteiger partial charge is 0.481 e. The van der Waals surface area contributed by atoms with E-state index in [0.717, 1.165) is 38.5 Å². The minimum absolute atomic E-state index is 0.169. The standard InChI is InChI=1S/C7H14O3.C7H14O2/c1-10-7(9)5-3-2-4-6-8;1-2-3-4-5-6-7(8)9/h8H,2-6H2,1H3;2-6H2,1H3,(H,8,9). The summed E-state index contributed by atoms with van der Waals surface area (Å²) in [4.78, 5) is 20.5. The molecule has 2 N–H and O–H groups in total. The van der Waals surface area contributed by atoms with Crippen LogP contribution in [-0.2, 0) is 14.3 Å². The van der Waals surface area contributed by atoms with Gasteiger partial charge in [0.15, 0.2) is 0 Å². The first kappa shape index (κ1) is 20.2. The number of carboxylic acids is 1. The van der Waals surface area contributed by atoms with Crippen molar-refractivity contribution in [1.82, 2.24) is 0 Å². The molecule has 0 atom stereocenters. The molecule has 5 nitrogen and oxygen atoms in total. The van der Waals surface area contributed by atoms with Crippen LogP contribution in [-0.4, -0.2) is 35.9 Å². The van der Waals surface area contributed by atoms with Crippen LogP contribution in [0.3, 0.4) is 0 Å². The second-order valence-electron chi connectivity index (χ2n) is 4.31. The smallest absolute Gasteiger partial charge is 0.305 e. The number of ether oxygens (including phenoxy) is 1. The zero-order valence-corrected chi connectivity index (χ0v) is 12.2. The molecule has 0 aliphatic heterocycles. The second kappa shape index (κ2) is 16.9. The van der Waals surface area contributed by atoms with Gasteiger partial charge in [0.25, 0.3) is 0 Å². The molecule has 19 heavy (non-hydrogen) atoms. The molecule has 0 bridgehead atoms. The fourth-order valence-corrected chi connectivity index (χ4v) is 1.36. The maximum atomic E-state index is 10.5. The highest BCUT2D eigenvalue weighted by Crippen LogP contribution is 2.01. The van der Waals surface area contributed by atoms with Gasteiger partial charge in [-0.3, -0.25) is 9.59 Å².